The zero-order valence-electron chi connectivity index (χ0n) is 37.9. The summed E-state index contributed by atoms with van der Waals surface area (Å²) in [4.78, 5) is 22.6. The third kappa shape index (κ3) is 46.2. The van der Waals surface area contributed by atoms with Crippen LogP contribution in [0.5, 0.6) is 0 Å². The number of rotatable bonds is 48. The highest BCUT2D eigenvalue weighted by Gasteiger charge is 2.25. The van der Waals surface area contributed by atoms with Crippen LogP contribution in [-0.2, 0) is 27.9 Å². The second-order valence-corrected chi connectivity index (χ2v) is 18.1. The SMILES string of the molecule is CCCCCCCC/C=C\CCCCCCCCCCOCC(COP(=O)(O)OCCN)OC(=O)CCCCCCCCCCCCCCCCCCCCCC. The Kier molecular flexibility index (Phi) is 45.7. The first-order chi connectivity index (χ1) is 27.9. The summed E-state index contributed by atoms with van der Waals surface area (Å²) in [5.41, 5.74) is 5.38. The van der Waals surface area contributed by atoms with Gasteiger partial charge in [-0.2, -0.15) is 0 Å². The van der Waals surface area contributed by atoms with Crippen LogP contribution in [0.15, 0.2) is 12.2 Å². The number of phosphoric acid groups is 1. The number of hydrogen-bond donors (Lipinski definition) is 2. The van der Waals surface area contributed by atoms with E-state index in [1.807, 2.05) is 0 Å². The molecule has 0 radical (unpaired) electrons. The first-order valence-corrected chi connectivity index (χ1v) is 26.2. The molecule has 2 unspecified atom stereocenters. The van der Waals surface area contributed by atoms with Crippen molar-refractivity contribution in [3.05, 3.63) is 12.2 Å². The highest BCUT2D eigenvalue weighted by molar-refractivity contribution is 7.47. The van der Waals surface area contributed by atoms with Crippen molar-refractivity contribution in [2.75, 3.05) is 33.0 Å². The van der Waals surface area contributed by atoms with E-state index >= 15 is 0 Å². The van der Waals surface area contributed by atoms with E-state index in [2.05, 4.69) is 26.0 Å². The van der Waals surface area contributed by atoms with Crippen LogP contribution in [0, 0.1) is 0 Å². The van der Waals surface area contributed by atoms with Gasteiger partial charge in [0.1, 0.15) is 6.10 Å². The maximum Gasteiger partial charge on any atom is 0.472 e. The van der Waals surface area contributed by atoms with Gasteiger partial charge in [-0.3, -0.25) is 13.8 Å². The molecule has 0 saturated heterocycles. The summed E-state index contributed by atoms with van der Waals surface area (Å²) in [5.74, 6) is -0.325. The van der Waals surface area contributed by atoms with E-state index in [4.69, 9.17) is 24.3 Å². The molecule has 0 aromatic heterocycles. The number of unbranched alkanes of at least 4 members (excludes halogenated alkanes) is 33. The van der Waals surface area contributed by atoms with Crippen molar-refractivity contribution in [2.24, 2.45) is 5.73 Å². The molecule has 0 aliphatic carbocycles. The number of carbonyl (C=O) groups excluding carboxylic acids is 1. The highest BCUT2D eigenvalue weighted by atomic mass is 31.2. The molecule has 0 saturated carbocycles. The van der Waals surface area contributed by atoms with E-state index in [1.165, 1.54) is 199 Å². The number of esters is 1. The maximum absolute atomic E-state index is 12.6. The second kappa shape index (κ2) is 46.3. The molecular weight excluding hydrogens is 734 g/mol. The normalized spacial score (nSPS) is 13.4. The van der Waals surface area contributed by atoms with Crippen molar-refractivity contribution in [1.82, 2.24) is 0 Å². The van der Waals surface area contributed by atoms with Crippen LogP contribution in [0.2, 0.25) is 0 Å². The largest absolute Gasteiger partial charge is 0.472 e. The highest BCUT2D eigenvalue weighted by Crippen LogP contribution is 2.43. The third-order valence-electron chi connectivity index (χ3n) is 10.9. The standard InChI is InChI=1S/C48H96NO7P/c1-3-5-7-9-11-13-15-17-19-21-23-24-25-27-29-31-33-35-37-39-41-48(50)56-47(46-55-57(51,52)54-44-42-49)45-53-43-40-38-36-34-32-30-28-26-22-20-18-16-14-12-10-8-6-4-2/h18,20,47H,3-17,19,21-46,49H2,1-2H3,(H,51,52)/b20-18-. The minimum absolute atomic E-state index is 0.0924. The number of phosphoric ester groups is 1. The molecule has 57 heavy (non-hydrogen) atoms. The lowest BCUT2D eigenvalue weighted by Crippen LogP contribution is -2.28. The Bertz CT molecular complexity index is 889. The Morgan fingerprint density at radius 2 is 0.877 bits per heavy atom. The molecule has 0 aromatic carbocycles. The zero-order valence-corrected chi connectivity index (χ0v) is 38.7. The number of carbonyl (C=O) groups is 1. The van der Waals surface area contributed by atoms with Crippen molar-refractivity contribution in [1.29, 1.82) is 0 Å². The lowest BCUT2D eigenvalue weighted by molar-refractivity contribution is -0.154. The van der Waals surface area contributed by atoms with Crippen molar-refractivity contribution in [2.45, 2.75) is 258 Å². The average Bonchev–Trinajstić information content (AvgIpc) is 3.20. The van der Waals surface area contributed by atoms with Gasteiger partial charge in [-0.1, -0.05) is 219 Å². The summed E-state index contributed by atoms with van der Waals surface area (Å²) in [6, 6.07) is 0. The molecule has 0 aliphatic rings. The molecule has 0 spiro atoms. The van der Waals surface area contributed by atoms with Gasteiger partial charge in [0.15, 0.2) is 0 Å². The van der Waals surface area contributed by atoms with Gasteiger partial charge in [-0.15, -0.1) is 0 Å². The van der Waals surface area contributed by atoms with Crippen LogP contribution in [-0.4, -0.2) is 49.9 Å². The Balaban J connectivity index is 3.92. The molecule has 9 heteroatoms. The van der Waals surface area contributed by atoms with E-state index in [1.54, 1.807) is 0 Å². The third-order valence-corrected chi connectivity index (χ3v) is 11.9. The Labute approximate surface area is 354 Å². The summed E-state index contributed by atoms with van der Waals surface area (Å²) in [7, 11) is -4.28. The van der Waals surface area contributed by atoms with E-state index < -0.39 is 13.9 Å². The molecule has 0 aromatic rings. The Morgan fingerprint density at radius 3 is 1.28 bits per heavy atom. The lowest BCUT2D eigenvalue weighted by atomic mass is 10.0. The van der Waals surface area contributed by atoms with Crippen LogP contribution in [0.1, 0.15) is 251 Å². The van der Waals surface area contributed by atoms with E-state index in [-0.39, 0.29) is 32.3 Å². The molecule has 2 atom stereocenters. The monoisotopic (exact) mass is 830 g/mol. The van der Waals surface area contributed by atoms with Crippen LogP contribution >= 0.6 is 7.82 Å². The van der Waals surface area contributed by atoms with E-state index in [0.29, 0.717) is 13.0 Å². The summed E-state index contributed by atoms with van der Waals surface area (Å²) >= 11 is 0. The Hall–Kier alpha value is -0.760. The number of nitrogens with two attached hydrogens (primary N) is 1. The number of allylic oxidation sites excluding steroid dienone is 2. The molecule has 0 aliphatic heterocycles. The molecule has 0 heterocycles. The predicted octanol–water partition coefficient (Wildman–Crippen LogP) is 15.0. The Morgan fingerprint density at radius 1 is 0.509 bits per heavy atom. The van der Waals surface area contributed by atoms with Gasteiger partial charge in [0.2, 0.25) is 0 Å². The van der Waals surface area contributed by atoms with Gasteiger partial charge in [0, 0.05) is 19.6 Å². The fourth-order valence-electron chi connectivity index (χ4n) is 7.29. The quantitative estimate of drug-likeness (QED) is 0.0269. The summed E-state index contributed by atoms with van der Waals surface area (Å²) < 4.78 is 33.6. The molecule has 0 bridgehead atoms. The van der Waals surface area contributed by atoms with Gasteiger partial charge in [-0.05, 0) is 38.5 Å². The zero-order chi connectivity index (χ0) is 41.6. The molecule has 0 rings (SSSR count). The van der Waals surface area contributed by atoms with Crippen molar-refractivity contribution in [3.63, 3.8) is 0 Å². The first kappa shape index (κ1) is 56.2. The second-order valence-electron chi connectivity index (χ2n) is 16.7. The predicted molar refractivity (Wildman–Crippen MR) is 243 cm³/mol. The van der Waals surface area contributed by atoms with Gasteiger partial charge in [-0.25, -0.2) is 4.57 Å². The smallest absolute Gasteiger partial charge is 0.457 e. The summed E-state index contributed by atoms with van der Waals surface area (Å²) in [5, 5.41) is 0. The van der Waals surface area contributed by atoms with Crippen LogP contribution in [0.3, 0.4) is 0 Å². The minimum Gasteiger partial charge on any atom is -0.457 e. The van der Waals surface area contributed by atoms with Crippen LogP contribution < -0.4 is 5.73 Å². The minimum atomic E-state index is -4.28. The molecule has 0 amide bonds. The molecule has 8 nitrogen and oxygen atoms in total. The average molecular weight is 830 g/mol. The van der Waals surface area contributed by atoms with Gasteiger partial charge < -0.3 is 20.1 Å². The summed E-state index contributed by atoms with van der Waals surface area (Å²) in [6.07, 6.45) is 50.9. The van der Waals surface area contributed by atoms with Crippen LogP contribution in [0.25, 0.3) is 0 Å². The van der Waals surface area contributed by atoms with Crippen molar-refractivity contribution in [3.8, 4) is 0 Å². The fourth-order valence-corrected chi connectivity index (χ4v) is 8.05. The van der Waals surface area contributed by atoms with Crippen LogP contribution in [0.4, 0.5) is 0 Å². The first-order valence-electron chi connectivity index (χ1n) is 24.7. The lowest BCUT2D eigenvalue weighted by Gasteiger charge is -2.20. The molecule has 340 valence electrons. The molecular formula is C48H96NO7P. The number of hydrogen-bond acceptors (Lipinski definition) is 7. The topological polar surface area (TPSA) is 117 Å². The van der Waals surface area contributed by atoms with Crippen molar-refractivity contribution < 1.29 is 32.8 Å². The van der Waals surface area contributed by atoms with E-state index in [9.17, 15) is 14.3 Å². The summed E-state index contributed by atoms with van der Waals surface area (Å²) in [6.45, 7) is 4.97. The molecule has 3 N–H and O–H groups in total. The van der Waals surface area contributed by atoms with Gasteiger partial charge in [0.25, 0.3) is 0 Å². The maximum atomic E-state index is 12.6. The number of ether oxygens (including phenoxy) is 2. The van der Waals surface area contributed by atoms with Gasteiger partial charge >= 0.3 is 13.8 Å². The molecule has 0 fully saturated rings. The van der Waals surface area contributed by atoms with Gasteiger partial charge in [0.05, 0.1) is 19.8 Å². The fraction of sp³-hybridized carbons (Fsp3) is 0.938. The van der Waals surface area contributed by atoms with E-state index in [0.717, 1.165) is 32.1 Å². The van der Waals surface area contributed by atoms with Crippen molar-refractivity contribution >= 4 is 13.8 Å².